The third-order valence-electron chi connectivity index (χ3n) is 3.64. The average Bonchev–Trinajstić information content (AvgIpc) is 3.18. The molecule has 0 bridgehead atoms. The van der Waals surface area contributed by atoms with Gasteiger partial charge in [-0.15, -0.1) is 0 Å². The van der Waals surface area contributed by atoms with Gasteiger partial charge >= 0.3 is 0 Å². The monoisotopic (exact) mass is 406 g/mol. The Morgan fingerprint density at radius 1 is 1.00 bits per heavy atom. The van der Waals surface area contributed by atoms with Gasteiger partial charge in [-0.1, -0.05) is 35.3 Å². The second kappa shape index (κ2) is 8.24. The molecule has 2 amide bonds. The van der Waals surface area contributed by atoms with Crippen LogP contribution in [0, 0.1) is 5.82 Å². The van der Waals surface area contributed by atoms with E-state index in [1.165, 1.54) is 12.3 Å². The number of hydrogen-bond donors (Lipinski definition) is 2. The smallest absolute Gasteiger partial charge is 0.291 e. The summed E-state index contributed by atoms with van der Waals surface area (Å²) in [5.41, 5.74) is 1.26. The number of benzene rings is 2. The molecule has 1 aromatic heterocycles. The van der Waals surface area contributed by atoms with Crippen molar-refractivity contribution in [3.8, 4) is 0 Å². The van der Waals surface area contributed by atoms with E-state index in [4.69, 9.17) is 27.6 Å². The van der Waals surface area contributed by atoms with Crippen LogP contribution in [0.1, 0.15) is 26.5 Å². The van der Waals surface area contributed by atoms with Crippen LogP contribution in [0.15, 0.2) is 59.2 Å². The first-order chi connectivity index (χ1) is 12.9. The highest BCUT2D eigenvalue weighted by Crippen LogP contribution is 2.24. The predicted octanol–water partition coefficient (Wildman–Crippen LogP) is 4.91. The van der Waals surface area contributed by atoms with Crippen LogP contribution >= 0.6 is 23.2 Å². The van der Waals surface area contributed by atoms with E-state index in [1.54, 1.807) is 36.4 Å². The molecule has 1 heterocycles. The van der Waals surface area contributed by atoms with E-state index in [9.17, 15) is 14.0 Å². The number of carbonyl (C=O) groups excluding carboxylic acids is 2. The van der Waals surface area contributed by atoms with E-state index in [-0.39, 0.29) is 33.8 Å². The first-order valence-electron chi connectivity index (χ1n) is 7.80. The Morgan fingerprint density at radius 3 is 2.56 bits per heavy atom. The Morgan fingerprint density at radius 2 is 1.81 bits per heavy atom. The molecule has 0 saturated heterocycles. The maximum Gasteiger partial charge on any atom is 0.291 e. The lowest BCUT2D eigenvalue weighted by Crippen LogP contribution is -2.23. The van der Waals surface area contributed by atoms with Crippen LogP contribution in [0.5, 0.6) is 0 Å². The van der Waals surface area contributed by atoms with E-state index in [2.05, 4.69) is 10.6 Å². The molecule has 0 aliphatic heterocycles. The lowest BCUT2D eigenvalue weighted by Gasteiger charge is -2.09. The van der Waals surface area contributed by atoms with Crippen LogP contribution in [0.4, 0.5) is 10.1 Å². The maximum absolute atomic E-state index is 13.6. The number of carbonyl (C=O) groups is 2. The Balaban J connectivity index is 1.65. The van der Waals surface area contributed by atoms with Crippen molar-refractivity contribution in [2.75, 3.05) is 5.32 Å². The number of nitrogens with one attached hydrogen (secondary N) is 2. The molecule has 3 aromatic rings. The number of furan rings is 1. The van der Waals surface area contributed by atoms with E-state index in [0.29, 0.717) is 5.69 Å². The molecule has 0 aliphatic rings. The molecule has 0 atom stereocenters. The zero-order valence-corrected chi connectivity index (χ0v) is 15.3. The van der Waals surface area contributed by atoms with Crippen LogP contribution in [0.2, 0.25) is 10.0 Å². The average molecular weight is 407 g/mol. The number of rotatable bonds is 5. The zero-order chi connectivity index (χ0) is 19.4. The Bertz CT molecular complexity index is 991. The molecule has 5 nitrogen and oxygen atoms in total. The van der Waals surface area contributed by atoms with Crippen LogP contribution in [0.3, 0.4) is 0 Å². The number of hydrogen-bond acceptors (Lipinski definition) is 3. The molecule has 27 heavy (non-hydrogen) atoms. The zero-order valence-electron chi connectivity index (χ0n) is 13.8. The summed E-state index contributed by atoms with van der Waals surface area (Å²) in [6, 6.07) is 12.2. The molecule has 0 saturated carbocycles. The molecule has 138 valence electrons. The molecule has 0 radical (unpaired) electrons. The van der Waals surface area contributed by atoms with Crippen molar-refractivity contribution in [2.45, 2.75) is 6.54 Å². The summed E-state index contributed by atoms with van der Waals surface area (Å²) >= 11 is 11.6. The summed E-state index contributed by atoms with van der Waals surface area (Å²) in [6.45, 7) is 0.157. The van der Waals surface area contributed by atoms with Crippen LogP contribution < -0.4 is 10.6 Å². The molecule has 8 heteroatoms. The predicted molar refractivity (Wildman–Crippen MR) is 101 cm³/mol. The third-order valence-corrected chi connectivity index (χ3v) is 4.24. The van der Waals surface area contributed by atoms with Crippen molar-refractivity contribution in [2.24, 2.45) is 0 Å². The van der Waals surface area contributed by atoms with Crippen molar-refractivity contribution in [3.63, 3.8) is 0 Å². The fraction of sp³-hybridized carbons (Fsp3) is 0.0526. The molecular weight excluding hydrogens is 394 g/mol. The molecule has 2 aromatic carbocycles. The Labute approximate surface area is 164 Å². The molecule has 2 N–H and O–H groups in total. The fourth-order valence-electron chi connectivity index (χ4n) is 2.33. The van der Waals surface area contributed by atoms with E-state index in [1.807, 2.05) is 0 Å². The second-order valence-electron chi connectivity index (χ2n) is 5.56. The highest BCUT2D eigenvalue weighted by Gasteiger charge is 2.14. The van der Waals surface area contributed by atoms with Gasteiger partial charge in [0.25, 0.3) is 11.8 Å². The third kappa shape index (κ3) is 4.67. The lowest BCUT2D eigenvalue weighted by atomic mass is 10.1. The van der Waals surface area contributed by atoms with Crippen molar-refractivity contribution in [1.29, 1.82) is 0 Å². The van der Waals surface area contributed by atoms with Crippen molar-refractivity contribution in [1.82, 2.24) is 5.32 Å². The van der Waals surface area contributed by atoms with Gasteiger partial charge in [-0.25, -0.2) is 4.39 Å². The van der Waals surface area contributed by atoms with Crippen LogP contribution in [-0.2, 0) is 6.54 Å². The molecule has 0 spiro atoms. The van der Waals surface area contributed by atoms with Gasteiger partial charge in [-0.2, -0.15) is 0 Å². The summed E-state index contributed by atoms with van der Waals surface area (Å²) in [6.07, 6.45) is 1.41. The normalized spacial score (nSPS) is 10.5. The summed E-state index contributed by atoms with van der Waals surface area (Å²) in [5.74, 6) is -1.47. The van der Waals surface area contributed by atoms with Gasteiger partial charge in [-0.3, -0.25) is 9.59 Å². The highest BCUT2D eigenvalue weighted by molar-refractivity contribution is 6.36. The van der Waals surface area contributed by atoms with Crippen LogP contribution in [0.25, 0.3) is 0 Å². The largest absolute Gasteiger partial charge is 0.459 e. The lowest BCUT2D eigenvalue weighted by molar-refractivity contribution is 0.0949. The second-order valence-corrected chi connectivity index (χ2v) is 6.38. The minimum Gasteiger partial charge on any atom is -0.459 e. The fourth-order valence-corrected chi connectivity index (χ4v) is 2.80. The van der Waals surface area contributed by atoms with E-state index < -0.39 is 11.7 Å². The Hall–Kier alpha value is -2.83. The van der Waals surface area contributed by atoms with Gasteiger partial charge in [0.2, 0.25) is 0 Å². The van der Waals surface area contributed by atoms with Gasteiger partial charge < -0.3 is 15.1 Å². The van der Waals surface area contributed by atoms with Gasteiger partial charge in [0.1, 0.15) is 5.82 Å². The van der Waals surface area contributed by atoms with E-state index >= 15 is 0 Å². The van der Waals surface area contributed by atoms with Gasteiger partial charge in [-0.05, 0) is 42.0 Å². The molecular formula is C19H13Cl2FN2O3. The van der Waals surface area contributed by atoms with E-state index in [0.717, 1.165) is 11.6 Å². The highest BCUT2D eigenvalue weighted by atomic mass is 35.5. The first-order valence-corrected chi connectivity index (χ1v) is 8.56. The van der Waals surface area contributed by atoms with Crippen molar-refractivity contribution in [3.05, 3.63) is 87.5 Å². The molecule has 0 fully saturated rings. The maximum atomic E-state index is 13.6. The summed E-state index contributed by atoms with van der Waals surface area (Å²) in [5, 5.41) is 5.24. The first kappa shape index (κ1) is 18.9. The van der Waals surface area contributed by atoms with Gasteiger partial charge in [0, 0.05) is 12.2 Å². The number of amides is 2. The van der Waals surface area contributed by atoms with Crippen molar-refractivity contribution >= 4 is 40.7 Å². The minimum atomic E-state index is -0.728. The summed E-state index contributed by atoms with van der Waals surface area (Å²) in [7, 11) is 0. The summed E-state index contributed by atoms with van der Waals surface area (Å²) < 4.78 is 18.6. The number of halogens is 3. The van der Waals surface area contributed by atoms with Gasteiger partial charge in [0.15, 0.2) is 5.76 Å². The topological polar surface area (TPSA) is 71.3 Å². The minimum absolute atomic E-state index is 0.0131. The standard InChI is InChI=1S/C19H13Cl2FN2O3/c20-14-9-15(21)16(22)8-13(14)18(25)23-10-11-3-1-4-12(7-11)24-19(26)17-5-2-6-27-17/h1-9H,10H2,(H,23,25)(H,24,26). The van der Waals surface area contributed by atoms with Crippen LogP contribution in [-0.4, -0.2) is 11.8 Å². The number of anilines is 1. The van der Waals surface area contributed by atoms with Gasteiger partial charge in [0.05, 0.1) is 21.9 Å². The summed E-state index contributed by atoms with van der Waals surface area (Å²) in [4.78, 5) is 24.2. The van der Waals surface area contributed by atoms with Crippen molar-refractivity contribution < 1.29 is 18.4 Å². The molecule has 3 rings (SSSR count). The molecule has 0 aliphatic carbocycles. The Kier molecular flexibility index (Phi) is 5.78. The quantitative estimate of drug-likeness (QED) is 0.591. The SMILES string of the molecule is O=C(Nc1cccc(CNC(=O)c2cc(F)c(Cl)cc2Cl)c1)c1ccco1. The molecule has 0 unspecified atom stereocenters.